The molecule has 0 aromatic heterocycles. The highest BCUT2D eigenvalue weighted by Gasteiger charge is 2.11. The fraction of sp³-hybridized carbons (Fsp3) is 0.333. The Morgan fingerprint density at radius 3 is 2.38 bits per heavy atom. The molecule has 13 heavy (non-hydrogen) atoms. The van der Waals surface area contributed by atoms with Gasteiger partial charge in [-0.1, -0.05) is 6.07 Å². The number of nitrogen functional groups attached to an aromatic ring is 2. The second kappa shape index (κ2) is 3.53. The topological polar surface area (TPSA) is 81.5 Å². The normalized spacial score (nSPS) is 12.5. The molecule has 1 aromatic rings. The summed E-state index contributed by atoms with van der Waals surface area (Å²) >= 11 is 0. The number of ether oxygens (including phenoxy) is 1. The maximum absolute atomic E-state index is 9.32. The molecule has 1 aromatic carbocycles. The van der Waals surface area contributed by atoms with Crippen LogP contribution in [0.2, 0.25) is 0 Å². The summed E-state index contributed by atoms with van der Waals surface area (Å²) in [5.74, 6) is 0.530. The summed E-state index contributed by atoms with van der Waals surface area (Å²) in [5.41, 5.74) is 12.7. The van der Waals surface area contributed by atoms with Gasteiger partial charge in [0.15, 0.2) is 0 Å². The first kappa shape index (κ1) is 9.67. The van der Waals surface area contributed by atoms with Gasteiger partial charge in [0.25, 0.3) is 0 Å². The molecule has 1 rings (SSSR count). The predicted octanol–water partition coefficient (Wildman–Crippen LogP) is 0.913. The molecule has 0 bridgehead atoms. The molecule has 0 fully saturated rings. The Kier molecular flexibility index (Phi) is 2.63. The largest absolute Gasteiger partial charge is 0.495 e. The summed E-state index contributed by atoms with van der Waals surface area (Å²) in [6, 6.07) is 3.39. The average molecular weight is 182 g/mol. The average Bonchev–Trinajstić information content (AvgIpc) is 2.09. The molecule has 1 unspecified atom stereocenters. The lowest BCUT2D eigenvalue weighted by molar-refractivity contribution is 0.200. The van der Waals surface area contributed by atoms with E-state index in [0.717, 1.165) is 0 Å². The van der Waals surface area contributed by atoms with Crippen LogP contribution in [0.15, 0.2) is 12.1 Å². The van der Waals surface area contributed by atoms with Crippen molar-refractivity contribution in [2.24, 2.45) is 0 Å². The number of aliphatic hydroxyl groups excluding tert-OH is 1. The van der Waals surface area contributed by atoms with E-state index in [4.69, 9.17) is 16.2 Å². The number of nitrogens with two attached hydrogens (primary N) is 2. The van der Waals surface area contributed by atoms with Crippen molar-refractivity contribution in [2.75, 3.05) is 18.6 Å². The van der Waals surface area contributed by atoms with Gasteiger partial charge in [-0.2, -0.15) is 0 Å². The van der Waals surface area contributed by atoms with Gasteiger partial charge in [-0.25, -0.2) is 0 Å². The van der Waals surface area contributed by atoms with Gasteiger partial charge >= 0.3 is 0 Å². The Bertz CT molecular complexity index is 311. The molecule has 0 aliphatic carbocycles. The van der Waals surface area contributed by atoms with E-state index in [1.54, 1.807) is 19.1 Å². The minimum atomic E-state index is -0.617. The van der Waals surface area contributed by atoms with E-state index >= 15 is 0 Å². The molecule has 0 spiro atoms. The maximum atomic E-state index is 9.32. The first-order valence-electron chi connectivity index (χ1n) is 3.97. The third kappa shape index (κ3) is 1.67. The summed E-state index contributed by atoms with van der Waals surface area (Å²) in [7, 11) is 1.52. The fourth-order valence-corrected chi connectivity index (χ4v) is 1.18. The van der Waals surface area contributed by atoms with Crippen LogP contribution in [-0.4, -0.2) is 12.2 Å². The summed E-state index contributed by atoms with van der Waals surface area (Å²) in [5, 5.41) is 9.32. The van der Waals surface area contributed by atoms with Crippen molar-refractivity contribution in [1.82, 2.24) is 0 Å². The van der Waals surface area contributed by atoms with Crippen molar-refractivity contribution in [2.45, 2.75) is 13.0 Å². The number of hydrogen-bond donors (Lipinski definition) is 3. The van der Waals surface area contributed by atoms with E-state index in [0.29, 0.717) is 22.7 Å². The Hall–Kier alpha value is -1.42. The van der Waals surface area contributed by atoms with Crippen molar-refractivity contribution < 1.29 is 9.84 Å². The third-order valence-electron chi connectivity index (χ3n) is 1.95. The van der Waals surface area contributed by atoms with E-state index in [1.807, 2.05) is 0 Å². The van der Waals surface area contributed by atoms with Gasteiger partial charge in [-0.3, -0.25) is 0 Å². The molecule has 0 saturated carbocycles. The zero-order chi connectivity index (χ0) is 10.0. The quantitative estimate of drug-likeness (QED) is 0.594. The Labute approximate surface area is 77.1 Å². The van der Waals surface area contributed by atoms with Crippen molar-refractivity contribution in [3.63, 3.8) is 0 Å². The Balaban J connectivity index is 3.23. The van der Waals surface area contributed by atoms with E-state index in [2.05, 4.69) is 0 Å². The van der Waals surface area contributed by atoms with Crippen molar-refractivity contribution in [3.05, 3.63) is 17.7 Å². The molecule has 4 nitrogen and oxygen atoms in total. The molecule has 5 N–H and O–H groups in total. The molecule has 0 aliphatic heterocycles. The van der Waals surface area contributed by atoms with Crippen LogP contribution in [0.4, 0.5) is 11.4 Å². The van der Waals surface area contributed by atoms with Crippen LogP contribution in [-0.2, 0) is 0 Å². The first-order chi connectivity index (χ1) is 6.07. The molecule has 0 radical (unpaired) electrons. The number of hydrogen-bond acceptors (Lipinski definition) is 4. The monoisotopic (exact) mass is 182 g/mol. The van der Waals surface area contributed by atoms with Crippen molar-refractivity contribution >= 4 is 11.4 Å². The lowest BCUT2D eigenvalue weighted by atomic mass is 10.1. The lowest BCUT2D eigenvalue weighted by Gasteiger charge is -2.13. The second-order valence-corrected chi connectivity index (χ2v) is 2.86. The molecular weight excluding hydrogens is 168 g/mol. The number of anilines is 2. The first-order valence-corrected chi connectivity index (χ1v) is 3.97. The van der Waals surface area contributed by atoms with Crippen LogP contribution >= 0.6 is 0 Å². The van der Waals surface area contributed by atoms with Gasteiger partial charge < -0.3 is 21.3 Å². The molecule has 0 heterocycles. The van der Waals surface area contributed by atoms with E-state index < -0.39 is 6.10 Å². The van der Waals surface area contributed by atoms with Gasteiger partial charge in [0.05, 0.1) is 24.6 Å². The van der Waals surface area contributed by atoms with Crippen LogP contribution < -0.4 is 16.2 Å². The number of methoxy groups -OCH3 is 1. The third-order valence-corrected chi connectivity index (χ3v) is 1.95. The van der Waals surface area contributed by atoms with Crippen LogP contribution in [0.5, 0.6) is 5.75 Å². The Morgan fingerprint density at radius 1 is 1.31 bits per heavy atom. The highest BCUT2D eigenvalue weighted by atomic mass is 16.5. The van der Waals surface area contributed by atoms with Crippen molar-refractivity contribution in [3.8, 4) is 5.75 Å². The number of benzene rings is 1. The second-order valence-electron chi connectivity index (χ2n) is 2.86. The Morgan fingerprint density at radius 2 is 1.92 bits per heavy atom. The molecule has 0 saturated heterocycles. The summed E-state index contributed by atoms with van der Waals surface area (Å²) in [6.07, 6.45) is -0.617. The van der Waals surface area contributed by atoms with Gasteiger partial charge in [-0.15, -0.1) is 0 Å². The molecule has 1 atom stereocenters. The minimum Gasteiger partial charge on any atom is -0.495 e. The van der Waals surface area contributed by atoms with Crippen LogP contribution in [0.3, 0.4) is 0 Å². The zero-order valence-corrected chi connectivity index (χ0v) is 7.74. The zero-order valence-electron chi connectivity index (χ0n) is 7.74. The highest BCUT2D eigenvalue weighted by Crippen LogP contribution is 2.33. The molecule has 0 aliphatic rings. The van der Waals surface area contributed by atoms with Gasteiger partial charge in [-0.05, 0) is 13.0 Å². The summed E-state index contributed by atoms with van der Waals surface area (Å²) in [4.78, 5) is 0. The van der Waals surface area contributed by atoms with Gasteiger partial charge in [0.2, 0.25) is 0 Å². The van der Waals surface area contributed by atoms with E-state index in [1.165, 1.54) is 7.11 Å². The molecular formula is C9H14N2O2. The number of rotatable bonds is 2. The van der Waals surface area contributed by atoms with Gasteiger partial charge in [0.1, 0.15) is 5.75 Å². The smallest absolute Gasteiger partial charge is 0.143 e. The SMILES string of the molecule is COc1ccc(C(C)O)c(N)c1N. The van der Waals surface area contributed by atoms with Gasteiger partial charge in [0, 0.05) is 5.56 Å². The van der Waals surface area contributed by atoms with Crippen LogP contribution in [0.25, 0.3) is 0 Å². The van der Waals surface area contributed by atoms with E-state index in [-0.39, 0.29) is 0 Å². The number of aliphatic hydroxyl groups is 1. The fourth-order valence-electron chi connectivity index (χ4n) is 1.18. The summed E-state index contributed by atoms with van der Waals surface area (Å²) in [6.45, 7) is 1.64. The highest BCUT2D eigenvalue weighted by molar-refractivity contribution is 5.74. The molecule has 72 valence electrons. The molecule has 0 amide bonds. The standard InChI is InChI=1S/C9H14N2O2/c1-5(12)6-3-4-7(13-2)9(11)8(6)10/h3-5,12H,10-11H2,1-2H3. The lowest BCUT2D eigenvalue weighted by Crippen LogP contribution is -2.04. The van der Waals surface area contributed by atoms with Crippen LogP contribution in [0, 0.1) is 0 Å². The van der Waals surface area contributed by atoms with Crippen LogP contribution in [0.1, 0.15) is 18.6 Å². The van der Waals surface area contributed by atoms with E-state index in [9.17, 15) is 5.11 Å². The predicted molar refractivity (Wildman–Crippen MR) is 52.5 cm³/mol. The molecule has 4 heteroatoms. The summed E-state index contributed by atoms with van der Waals surface area (Å²) < 4.78 is 4.97. The van der Waals surface area contributed by atoms with Crippen molar-refractivity contribution in [1.29, 1.82) is 0 Å². The minimum absolute atomic E-state index is 0.376. The maximum Gasteiger partial charge on any atom is 0.143 e.